The number of carboxylic acid groups (broad SMARTS) is 1. The van der Waals surface area contributed by atoms with E-state index < -0.39 is 47.1 Å². The van der Waals surface area contributed by atoms with Crippen LogP contribution in [0, 0.1) is 5.82 Å². The van der Waals surface area contributed by atoms with Crippen LogP contribution in [0.25, 0.3) is 5.65 Å². The first kappa shape index (κ1) is 29.4. The second-order valence-electron chi connectivity index (χ2n) is 11.5. The van der Waals surface area contributed by atoms with Crippen LogP contribution in [0.15, 0.2) is 30.5 Å². The van der Waals surface area contributed by atoms with Crippen LogP contribution in [-0.2, 0) is 10.9 Å². The standard InChI is InChI=1S/C28H31F4N5O5/c1-27(2,3)42-26(40)36(19-11-17(28(30,31)32)10-18(29)12-19)23-13-22(41-20-8-5-9-35(15-20)25(38)39)34-24-21(14-33-37(23)24)16-6-4-7-16/h10-14,16,20H,4-9,15H2,1-3H3,(H,38,39)/t20-/m0/s1. The predicted octanol–water partition coefficient (Wildman–Crippen LogP) is 6.75. The van der Waals surface area contributed by atoms with Crippen molar-refractivity contribution in [2.45, 2.75) is 76.7 Å². The lowest BCUT2D eigenvalue weighted by molar-refractivity contribution is -0.137. The summed E-state index contributed by atoms with van der Waals surface area (Å²) in [5, 5.41) is 13.9. The number of piperidine rings is 1. The van der Waals surface area contributed by atoms with E-state index in [1.54, 1.807) is 27.0 Å². The summed E-state index contributed by atoms with van der Waals surface area (Å²) >= 11 is 0. The molecular weight excluding hydrogens is 562 g/mol. The number of carbonyl (C=O) groups excluding carboxylic acids is 1. The van der Waals surface area contributed by atoms with Gasteiger partial charge in [0, 0.05) is 18.2 Å². The van der Waals surface area contributed by atoms with Gasteiger partial charge in [-0.05, 0) is 70.6 Å². The van der Waals surface area contributed by atoms with Gasteiger partial charge < -0.3 is 19.5 Å². The van der Waals surface area contributed by atoms with Gasteiger partial charge in [-0.1, -0.05) is 6.42 Å². The van der Waals surface area contributed by atoms with Gasteiger partial charge in [0.25, 0.3) is 0 Å². The number of benzene rings is 1. The fraction of sp³-hybridized carbons (Fsp3) is 0.500. The van der Waals surface area contributed by atoms with Gasteiger partial charge in [0.2, 0.25) is 5.88 Å². The number of anilines is 2. The van der Waals surface area contributed by atoms with Crippen LogP contribution in [0.2, 0.25) is 0 Å². The average molecular weight is 594 g/mol. The molecule has 1 saturated heterocycles. The Bertz CT molecular complexity index is 1500. The Hall–Kier alpha value is -4.10. The third-order valence-electron chi connectivity index (χ3n) is 7.21. The van der Waals surface area contributed by atoms with Gasteiger partial charge in [0.1, 0.15) is 17.5 Å². The van der Waals surface area contributed by atoms with Crippen molar-refractivity contribution in [1.29, 1.82) is 0 Å². The molecule has 2 amide bonds. The molecule has 0 radical (unpaired) electrons. The lowest BCUT2D eigenvalue weighted by Crippen LogP contribution is -2.43. The average Bonchev–Trinajstić information content (AvgIpc) is 3.25. The van der Waals surface area contributed by atoms with E-state index >= 15 is 0 Å². The van der Waals surface area contributed by atoms with Crippen molar-refractivity contribution in [3.05, 3.63) is 47.4 Å². The van der Waals surface area contributed by atoms with Crippen molar-refractivity contribution in [2.24, 2.45) is 0 Å². The topological polar surface area (TPSA) is 110 Å². The van der Waals surface area contributed by atoms with Crippen molar-refractivity contribution in [2.75, 3.05) is 18.0 Å². The number of amides is 2. The van der Waals surface area contributed by atoms with Gasteiger partial charge in [0.05, 0.1) is 24.0 Å². The lowest BCUT2D eigenvalue weighted by atomic mass is 9.81. The minimum absolute atomic E-state index is 0.0109. The van der Waals surface area contributed by atoms with Crippen LogP contribution in [0.1, 0.15) is 69.9 Å². The number of carbonyl (C=O) groups is 2. The molecule has 1 saturated carbocycles. The lowest BCUT2D eigenvalue weighted by Gasteiger charge is -2.31. The summed E-state index contributed by atoms with van der Waals surface area (Å²) < 4.78 is 68.7. The van der Waals surface area contributed by atoms with Crippen LogP contribution in [0.5, 0.6) is 5.88 Å². The Morgan fingerprint density at radius 1 is 1.07 bits per heavy atom. The summed E-state index contributed by atoms with van der Waals surface area (Å²) in [5.41, 5.74) is -1.70. The number of alkyl halides is 3. The van der Waals surface area contributed by atoms with Gasteiger partial charge >= 0.3 is 18.4 Å². The molecule has 0 unspecified atom stereocenters. The number of nitrogens with zero attached hydrogens (tertiary/aromatic N) is 5. The molecule has 1 aliphatic carbocycles. The first-order valence-corrected chi connectivity index (χ1v) is 13.6. The van der Waals surface area contributed by atoms with E-state index in [1.165, 1.54) is 15.5 Å². The highest BCUT2D eigenvalue weighted by Crippen LogP contribution is 2.41. The summed E-state index contributed by atoms with van der Waals surface area (Å²) in [6, 6.07) is 3.11. The molecule has 0 spiro atoms. The summed E-state index contributed by atoms with van der Waals surface area (Å²) in [6.45, 7) is 5.21. The highest BCUT2D eigenvalue weighted by Gasteiger charge is 2.35. The van der Waals surface area contributed by atoms with Crippen molar-refractivity contribution >= 4 is 29.3 Å². The zero-order chi connectivity index (χ0) is 30.4. The SMILES string of the molecule is CC(C)(C)OC(=O)N(c1cc(F)cc(C(F)(F)F)c1)c1cc(O[C@H]2CCCN(C(=O)O)C2)nc2c(C3CCC3)cnn12. The Balaban J connectivity index is 1.67. The van der Waals surface area contributed by atoms with E-state index in [9.17, 15) is 32.3 Å². The number of halogens is 4. The number of hydrogen-bond acceptors (Lipinski definition) is 6. The van der Waals surface area contributed by atoms with E-state index in [0.717, 1.165) is 35.8 Å². The first-order chi connectivity index (χ1) is 19.7. The smallest absolute Gasteiger partial charge is 0.420 e. The number of rotatable bonds is 5. The number of ether oxygens (including phenoxy) is 2. The fourth-order valence-electron chi connectivity index (χ4n) is 5.05. The van der Waals surface area contributed by atoms with Crippen LogP contribution in [0.3, 0.4) is 0 Å². The molecule has 1 atom stereocenters. The summed E-state index contributed by atoms with van der Waals surface area (Å²) in [7, 11) is 0. The van der Waals surface area contributed by atoms with E-state index in [-0.39, 0.29) is 24.2 Å². The third kappa shape index (κ3) is 6.21. The summed E-state index contributed by atoms with van der Waals surface area (Å²) in [5.74, 6) is -1.14. The largest absolute Gasteiger partial charge is 0.472 e. The Kier molecular flexibility index (Phi) is 7.66. The Morgan fingerprint density at radius 3 is 2.43 bits per heavy atom. The number of likely N-dealkylation sites (tertiary alicyclic amines) is 1. The highest BCUT2D eigenvalue weighted by atomic mass is 19.4. The van der Waals surface area contributed by atoms with Crippen molar-refractivity contribution in [3.63, 3.8) is 0 Å². The molecule has 0 bridgehead atoms. The zero-order valence-corrected chi connectivity index (χ0v) is 23.3. The Labute approximate surface area is 238 Å². The van der Waals surface area contributed by atoms with Crippen molar-refractivity contribution in [1.82, 2.24) is 19.5 Å². The van der Waals surface area contributed by atoms with Crippen molar-refractivity contribution < 1.29 is 41.7 Å². The van der Waals surface area contributed by atoms with Crippen LogP contribution < -0.4 is 9.64 Å². The first-order valence-electron chi connectivity index (χ1n) is 13.6. The molecule has 10 nitrogen and oxygen atoms in total. The molecule has 42 heavy (non-hydrogen) atoms. The number of aromatic nitrogens is 3. The summed E-state index contributed by atoms with van der Waals surface area (Å²) in [6.07, 6.45) is -2.16. The van der Waals surface area contributed by atoms with Crippen LogP contribution in [-0.4, -0.2) is 61.6 Å². The molecule has 5 rings (SSSR count). The fourth-order valence-corrected chi connectivity index (χ4v) is 5.05. The van der Waals surface area contributed by atoms with E-state index in [0.29, 0.717) is 37.2 Å². The normalized spacial score (nSPS) is 18.1. The van der Waals surface area contributed by atoms with Gasteiger partial charge in [0.15, 0.2) is 11.5 Å². The van der Waals surface area contributed by atoms with E-state index in [2.05, 4.69) is 10.1 Å². The molecule has 14 heteroatoms. The minimum Gasteiger partial charge on any atom is -0.472 e. The predicted molar refractivity (Wildman–Crippen MR) is 143 cm³/mol. The minimum atomic E-state index is -4.89. The van der Waals surface area contributed by atoms with Crippen LogP contribution >= 0.6 is 0 Å². The molecule has 3 heterocycles. The Morgan fingerprint density at radius 2 is 1.81 bits per heavy atom. The number of fused-ring (bicyclic) bond motifs is 1. The molecule has 1 N–H and O–H groups in total. The molecule has 2 aliphatic rings. The molecule has 2 aromatic heterocycles. The molecule has 3 aromatic rings. The second-order valence-corrected chi connectivity index (χ2v) is 11.5. The van der Waals surface area contributed by atoms with E-state index in [1.807, 2.05) is 0 Å². The quantitative estimate of drug-likeness (QED) is 0.326. The maximum absolute atomic E-state index is 14.6. The highest BCUT2D eigenvalue weighted by molar-refractivity contribution is 5.96. The van der Waals surface area contributed by atoms with Gasteiger partial charge in [-0.2, -0.15) is 27.8 Å². The summed E-state index contributed by atoms with van der Waals surface area (Å²) in [4.78, 5) is 31.8. The van der Waals surface area contributed by atoms with Crippen molar-refractivity contribution in [3.8, 4) is 5.88 Å². The van der Waals surface area contributed by atoms with E-state index in [4.69, 9.17) is 9.47 Å². The van der Waals surface area contributed by atoms with Gasteiger partial charge in [-0.3, -0.25) is 0 Å². The second kappa shape index (κ2) is 11.0. The molecule has 2 fully saturated rings. The zero-order valence-electron chi connectivity index (χ0n) is 23.3. The van der Waals surface area contributed by atoms with Gasteiger partial charge in [-0.15, -0.1) is 0 Å². The molecule has 226 valence electrons. The molecule has 1 aromatic carbocycles. The van der Waals surface area contributed by atoms with Crippen LogP contribution in [0.4, 0.5) is 38.7 Å². The third-order valence-corrected chi connectivity index (χ3v) is 7.21. The molecule has 1 aliphatic heterocycles. The monoisotopic (exact) mass is 593 g/mol. The molecular formula is C28H31F4N5O5. The maximum atomic E-state index is 14.6. The maximum Gasteiger partial charge on any atom is 0.420 e. The van der Waals surface area contributed by atoms with Gasteiger partial charge in [-0.25, -0.2) is 18.9 Å². The number of hydrogen-bond donors (Lipinski definition) is 1.